The Morgan fingerprint density at radius 3 is 2.61 bits per heavy atom. The van der Waals surface area contributed by atoms with Crippen molar-refractivity contribution >= 4 is 22.9 Å². The van der Waals surface area contributed by atoms with E-state index in [9.17, 15) is 18.0 Å². The van der Waals surface area contributed by atoms with Crippen molar-refractivity contribution in [3.05, 3.63) is 101 Å². The Kier molecular flexibility index (Phi) is 6.46. The van der Waals surface area contributed by atoms with Crippen molar-refractivity contribution in [1.82, 2.24) is 4.98 Å². The molecule has 1 N–H and O–H groups in total. The molecule has 0 aliphatic rings. The molecule has 1 heterocycles. The van der Waals surface area contributed by atoms with Gasteiger partial charge in [-0.3, -0.25) is 4.79 Å². The van der Waals surface area contributed by atoms with E-state index in [-0.39, 0.29) is 12.5 Å². The predicted molar refractivity (Wildman–Crippen MR) is 122 cm³/mol. The van der Waals surface area contributed by atoms with E-state index in [1.54, 1.807) is 29.6 Å². The Morgan fingerprint density at radius 2 is 1.82 bits per heavy atom. The first kappa shape index (κ1) is 22.5. The lowest BCUT2D eigenvalue weighted by Gasteiger charge is -2.10. The van der Waals surface area contributed by atoms with Crippen molar-refractivity contribution in [2.75, 3.05) is 5.32 Å². The van der Waals surface area contributed by atoms with E-state index in [4.69, 9.17) is 4.74 Å². The average molecular weight is 469 g/mol. The van der Waals surface area contributed by atoms with Crippen LogP contribution < -0.4 is 10.1 Å². The van der Waals surface area contributed by atoms with Gasteiger partial charge in [-0.25, -0.2) is 4.98 Å². The molecule has 0 aliphatic heterocycles. The summed E-state index contributed by atoms with van der Waals surface area (Å²) in [5, 5.41) is 5.14. The lowest BCUT2D eigenvalue weighted by atomic mass is 10.1. The lowest BCUT2D eigenvalue weighted by molar-refractivity contribution is -0.137. The number of carbonyl (C=O) groups is 1. The summed E-state index contributed by atoms with van der Waals surface area (Å²) in [7, 11) is 0. The smallest absolute Gasteiger partial charge is 0.416 e. The van der Waals surface area contributed by atoms with Crippen molar-refractivity contribution in [2.45, 2.75) is 19.7 Å². The van der Waals surface area contributed by atoms with Crippen LogP contribution in [0.4, 0.5) is 18.9 Å². The highest BCUT2D eigenvalue weighted by atomic mass is 32.1. The minimum atomic E-state index is -4.40. The summed E-state index contributed by atoms with van der Waals surface area (Å²) in [6.45, 7) is 1.94. The Morgan fingerprint density at radius 1 is 1.03 bits per heavy atom. The normalized spacial score (nSPS) is 11.3. The highest BCUT2D eigenvalue weighted by Crippen LogP contribution is 2.30. The van der Waals surface area contributed by atoms with Crippen LogP contribution in [0.2, 0.25) is 0 Å². The molecule has 0 radical (unpaired) electrons. The number of aryl methyl sites for hydroxylation is 1. The molecular formula is C25H19F3N2O2S. The van der Waals surface area contributed by atoms with Crippen molar-refractivity contribution < 1.29 is 22.7 Å². The van der Waals surface area contributed by atoms with Gasteiger partial charge in [0.2, 0.25) is 0 Å². The fraction of sp³-hybridized carbons (Fsp3) is 0.120. The van der Waals surface area contributed by atoms with Crippen LogP contribution >= 0.6 is 11.3 Å². The van der Waals surface area contributed by atoms with Gasteiger partial charge >= 0.3 is 6.18 Å². The van der Waals surface area contributed by atoms with Crippen LogP contribution in [-0.2, 0) is 12.8 Å². The third-order valence-electron chi connectivity index (χ3n) is 4.75. The first-order valence-corrected chi connectivity index (χ1v) is 10.9. The minimum Gasteiger partial charge on any atom is -0.489 e. The van der Waals surface area contributed by atoms with Crippen molar-refractivity contribution in [3.8, 4) is 16.3 Å². The topological polar surface area (TPSA) is 51.2 Å². The van der Waals surface area contributed by atoms with E-state index >= 15 is 0 Å². The number of rotatable bonds is 6. The molecule has 0 atom stereocenters. The monoisotopic (exact) mass is 468 g/mol. The predicted octanol–water partition coefficient (Wildman–Crippen LogP) is 6.97. The third-order valence-corrected chi connectivity index (χ3v) is 5.64. The Bertz CT molecular complexity index is 1280. The molecule has 4 aromatic rings. The van der Waals surface area contributed by atoms with Gasteiger partial charge in [-0.15, -0.1) is 11.3 Å². The molecule has 1 aromatic heterocycles. The van der Waals surface area contributed by atoms with E-state index < -0.39 is 11.7 Å². The van der Waals surface area contributed by atoms with Crippen LogP contribution in [0.15, 0.2) is 78.2 Å². The van der Waals surface area contributed by atoms with Gasteiger partial charge in [0.25, 0.3) is 5.91 Å². The first-order valence-electron chi connectivity index (χ1n) is 10.0. The van der Waals surface area contributed by atoms with E-state index in [0.717, 1.165) is 23.3 Å². The molecule has 0 fully saturated rings. The quantitative estimate of drug-likeness (QED) is 0.333. The Balaban J connectivity index is 1.44. The van der Waals surface area contributed by atoms with E-state index in [1.807, 2.05) is 37.3 Å². The van der Waals surface area contributed by atoms with Gasteiger partial charge in [0.05, 0.1) is 5.56 Å². The lowest BCUT2D eigenvalue weighted by Crippen LogP contribution is -2.12. The summed E-state index contributed by atoms with van der Waals surface area (Å²) >= 11 is 1.32. The zero-order chi connectivity index (χ0) is 23.4. The number of thiazole rings is 1. The zero-order valence-electron chi connectivity index (χ0n) is 17.5. The summed E-state index contributed by atoms with van der Waals surface area (Å²) in [4.78, 5) is 16.9. The van der Waals surface area contributed by atoms with E-state index in [2.05, 4.69) is 10.3 Å². The van der Waals surface area contributed by atoms with Gasteiger partial charge < -0.3 is 10.1 Å². The second-order valence-electron chi connectivity index (χ2n) is 7.38. The van der Waals surface area contributed by atoms with Crippen LogP contribution in [0.3, 0.4) is 0 Å². The van der Waals surface area contributed by atoms with E-state index in [0.29, 0.717) is 27.7 Å². The number of hydrogen-bond donors (Lipinski definition) is 1. The second-order valence-corrected chi connectivity index (χ2v) is 8.23. The number of alkyl halides is 3. The molecule has 8 heteroatoms. The van der Waals surface area contributed by atoms with Gasteiger partial charge in [0.1, 0.15) is 23.1 Å². The highest BCUT2D eigenvalue weighted by molar-refractivity contribution is 7.13. The van der Waals surface area contributed by atoms with Crippen LogP contribution in [-0.4, -0.2) is 10.9 Å². The molecule has 0 saturated carbocycles. The molecule has 0 bridgehead atoms. The first-order chi connectivity index (χ1) is 15.8. The minimum absolute atomic E-state index is 0.00457. The molecule has 1 amide bonds. The molecule has 0 spiro atoms. The summed E-state index contributed by atoms with van der Waals surface area (Å²) in [5.41, 5.74) is 2.48. The maximum Gasteiger partial charge on any atom is 0.416 e. The molecular weight excluding hydrogens is 449 g/mol. The number of halogens is 3. The number of carbonyl (C=O) groups excluding carboxylic acids is 1. The maximum atomic E-state index is 12.9. The summed E-state index contributed by atoms with van der Waals surface area (Å²) in [6, 6.07) is 19.6. The van der Waals surface area contributed by atoms with Gasteiger partial charge in [-0.2, -0.15) is 13.2 Å². The maximum absolute atomic E-state index is 12.9. The molecule has 4 nitrogen and oxygen atoms in total. The number of aromatic nitrogens is 1. The summed E-state index contributed by atoms with van der Waals surface area (Å²) in [5.74, 6) is 0.186. The highest BCUT2D eigenvalue weighted by Gasteiger charge is 2.30. The van der Waals surface area contributed by atoms with Crippen LogP contribution in [0.1, 0.15) is 27.2 Å². The standard InChI is InChI=1S/C25H19F3N2O2S/c1-16-5-2-9-20(11-16)29-23(31)22-15-33-24(30-22)18-7-4-10-21(13-18)32-14-17-6-3-8-19(12-17)25(26,27)28/h2-13,15H,14H2,1H3,(H,29,31). The molecule has 0 unspecified atom stereocenters. The largest absolute Gasteiger partial charge is 0.489 e. The molecule has 0 saturated heterocycles. The van der Waals surface area contributed by atoms with Crippen molar-refractivity contribution in [3.63, 3.8) is 0 Å². The number of hydrogen-bond acceptors (Lipinski definition) is 4. The number of nitrogens with one attached hydrogen (secondary N) is 1. The SMILES string of the molecule is Cc1cccc(NC(=O)c2csc(-c3cccc(OCc4cccc(C(F)(F)F)c4)c3)n2)c1. The average Bonchev–Trinajstić information content (AvgIpc) is 3.28. The van der Waals surface area contributed by atoms with Crippen LogP contribution in [0, 0.1) is 6.92 Å². The third kappa shape index (κ3) is 5.78. The summed E-state index contributed by atoms with van der Waals surface area (Å²) in [6.07, 6.45) is -4.40. The van der Waals surface area contributed by atoms with Gasteiger partial charge in [-0.05, 0) is 54.4 Å². The van der Waals surface area contributed by atoms with E-state index in [1.165, 1.54) is 17.4 Å². The number of amides is 1. The van der Waals surface area contributed by atoms with Gasteiger partial charge in [0, 0.05) is 16.6 Å². The zero-order valence-corrected chi connectivity index (χ0v) is 18.3. The van der Waals surface area contributed by atoms with Crippen molar-refractivity contribution in [2.24, 2.45) is 0 Å². The number of benzene rings is 3. The van der Waals surface area contributed by atoms with Gasteiger partial charge in [0.15, 0.2) is 0 Å². The fourth-order valence-electron chi connectivity index (χ4n) is 3.15. The molecule has 33 heavy (non-hydrogen) atoms. The fourth-order valence-corrected chi connectivity index (χ4v) is 3.95. The van der Waals surface area contributed by atoms with Crippen molar-refractivity contribution in [1.29, 1.82) is 0 Å². The van der Waals surface area contributed by atoms with Crippen LogP contribution in [0.25, 0.3) is 10.6 Å². The Hall–Kier alpha value is -3.65. The number of nitrogens with zero attached hydrogens (tertiary/aromatic N) is 1. The molecule has 168 valence electrons. The molecule has 0 aliphatic carbocycles. The molecule has 3 aromatic carbocycles. The second kappa shape index (κ2) is 9.46. The molecule has 4 rings (SSSR count). The van der Waals surface area contributed by atoms with Crippen LogP contribution in [0.5, 0.6) is 5.75 Å². The number of ether oxygens (including phenoxy) is 1. The van der Waals surface area contributed by atoms with Gasteiger partial charge in [-0.1, -0.05) is 36.4 Å². The number of anilines is 1. The Labute approximate surface area is 192 Å². The summed E-state index contributed by atoms with van der Waals surface area (Å²) < 4.78 is 44.4.